The summed E-state index contributed by atoms with van der Waals surface area (Å²) in [4.78, 5) is 11.6. The SMILES string of the molecule is CCCCCCCCC(=O)OC(C)COC(C)COC. The van der Waals surface area contributed by atoms with Gasteiger partial charge in [-0.3, -0.25) is 4.79 Å². The van der Waals surface area contributed by atoms with Crippen LogP contribution in [0.25, 0.3) is 0 Å². The molecule has 0 aliphatic carbocycles. The van der Waals surface area contributed by atoms with Gasteiger partial charge in [-0.1, -0.05) is 39.0 Å². The van der Waals surface area contributed by atoms with E-state index in [2.05, 4.69) is 6.92 Å². The number of carbonyl (C=O) groups is 1. The summed E-state index contributed by atoms with van der Waals surface area (Å²) in [6, 6.07) is 0. The summed E-state index contributed by atoms with van der Waals surface area (Å²) in [7, 11) is 1.64. The van der Waals surface area contributed by atoms with E-state index in [1.54, 1.807) is 7.11 Å². The molecule has 0 aliphatic rings. The third-order valence-corrected chi connectivity index (χ3v) is 3.08. The highest BCUT2D eigenvalue weighted by Gasteiger charge is 2.11. The van der Waals surface area contributed by atoms with E-state index in [0.29, 0.717) is 19.6 Å². The predicted molar refractivity (Wildman–Crippen MR) is 80.8 cm³/mol. The third-order valence-electron chi connectivity index (χ3n) is 3.08. The molecule has 0 aromatic carbocycles. The van der Waals surface area contributed by atoms with Crippen molar-refractivity contribution in [2.75, 3.05) is 20.3 Å². The average Bonchev–Trinajstić information content (AvgIpc) is 2.41. The van der Waals surface area contributed by atoms with Gasteiger partial charge in [0.1, 0.15) is 6.10 Å². The van der Waals surface area contributed by atoms with Crippen LogP contribution in [0.2, 0.25) is 0 Å². The zero-order chi connectivity index (χ0) is 15.2. The van der Waals surface area contributed by atoms with Crippen molar-refractivity contribution in [1.29, 1.82) is 0 Å². The number of rotatable bonds is 13. The monoisotopic (exact) mass is 288 g/mol. The molecule has 0 radical (unpaired) electrons. The molecule has 0 amide bonds. The quantitative estimate of drug-likeness (QED) is 0.383. The van der Waals surface area contributed by atoms with E-state index in [1.165, 1.54) is 25.7 Å². The molecule has 4 nitrogen and oxygen atoms in total. The molecule has 0 aromatic rings. The molecule has 0 rings (SSSR count). The maximum absolute atomic E-state index is 11.6. The van der Waals surface area contributed by atoms with Crippen molar-refractivity contribution < 1.29 is 19.0 Å². The van der Waals surface area contributed by atoms with Crippen molar-refractivity contribution in [2.24, 2.45) is 0 Å². The Kier molecular flexibility index (Phi) is 13.0. The van der Waals surface area contributed by atoms with Crippen LogP contribution in [0.5, 0.6) is 0 Å². The first kappa shape index (κ1) is 19.4. The molecule has 20 heavy (non-hydrogen) atoms. The fourth-order valence-electron chi connectivity index (χ4n) is 1.95. The lowest BCUT2D eigenvalue weighted by Gasteiger charge is -2.17. The molecule has 0 heterocycles. The van der Waals surface area contributed by atoms with Gasteiger partial charge in [0.05, 0.1) is 19.3 Å². The highest BCUT2D eigenvalue weighted by Crippen LogP contribution is 2.08. The van der Waals surface area contributed by atoms with Crippen LogP contribution < -0.4 is 0 Å². The molecular formula is C16H32O4. The summed E-state index contributed by atoms with van der Waals surface area (Å²) < 4.78 is 15.8. The van der Waals surface area contributed by atoms with Crippen LogP contribution in [0.3, 0.4) is 0 Å². The lowest BCUT2D eigenvalue weighted by molar-refractivity contribution is -0.152. The Labute approximate surface area is 124 Å². The Bertz CT molecular complexity index is 231. The van der Waals surface area contributed by atoms with Gasteiger partial charge in [0.25, 0.3) is 0 Å². The zero-order valence-electron chi connectivity index (χ0n) is 13.7. The predicted octanol–water partition coefficient (Wildman–Crippen LogP) is 3.72. The smallest absolute Gasteiger partial charge is 0.306 e. The van der Waals surface area contributed by atoms with E-state index in [9.17, 15) is 4.79 Å². The number of hydrogen-bond donors (Lipinski definition) is 0. The summed E-state index contributed by atoms with van der Waals surface area (Å²) in [6.45, 7) is 6.98. The van der Waals surface area contributed by atoms with Crippen molar-refractivity contribution in [3.05, 3.63) is 0 Å². The fourth-order valence-corrected chi connectivity index (χ4v) is 1.95. The summed E-state index contributed by atoms with van der Waals surface area (Å²) in [5.74, 6) is -0.115. The van der Waals surface area contributed by atoms with Crippen molar-refractivity contribution >= 4 is 5.97 Å². The summed E-state index contributed by atoms with van der Waals surface area (Å²) >= 11 is 0. The first-order valence-corrected chi connectivity index (χ1v) is 7.90. The second kappa shape index (κ2) is 13.4. The number of methoxy groups -OCH3 is 1. The number of unbranched alkanes of at least 4 members (excludes halogenated alkanes) is 5. The van der Waals surface area contributed by atoms with Gasteiger partial charge in [0, 0.05) is 13.5 Å². The van der Waals surface area contributed by atoms with Gasteiger partial charge in [-0.2, -0.15) is 0 Å². The van der Waals surface area contributed by atoms with E-state index < -0.39 is 0 Å². The van der Waals surface area contributed by atoms with Crippen LogP contribution in [0.4, 0.5) is 0 Å². The maximum Gasteiger partial charge on any atom is 0.306 e. The minimum Gasteiger partial charge on any atom is -0.460 e. The molecule has 0 saturated carbocycles. The number of esters is 1. The number of ether oxygens (including phenoxy) is 3. The van der Waals surface area contributed by atoms with E-state index in [0.717, 1.165) is 12.8 Å². The normalized spacial score (nSPS) is 14.0. The standard InChI is InChI=1S/C16H32O4/c1-5-6-7-8-9-10-11-16(17)20-15(3)13-19-14(2)12-18-4/h14-15H,5-13H2,1-4H3. The first-order valence-electron chi connectivity index (χ1n) is 7.90. The Morgan fingerprint density at radius 3 is 2.25 bits per heavy atom. The largest absolute Gasteiger partial charge is 0.460 e. The summed E-state index contributed by atoms with van der Waals surface area (Å²) in [5, 5.41) is 0. The maximum atomic E-state index is 11.6. The molecule has 0 saturated heterocycles. The first-order chi connectivity index (χ1) is 9.60. The van der Waals surface area contributed by atoms with Crippen molar-refractivity contribution in [3.63, 3.8) is 0 Å². The van der Waals surface area contributed by atoms with Crippen molar-refractivity contribution in [1.82, 2.24) is 0 Å². The lowest BCUT2D eigenvalue weighted by Crippen LogP contribution is -2.25. The van der Waals surface area contributed by atoms with Crippen LogP contribution >= 0.6 is 0 Å². The summed E-state index contributed by atoms with van der Waals surface area (Å²) in [5.41, 5.74) is 0. The Hall–Kier alpha value is -0.610. The van der Waals surface area contributed by atoms with Crippen LogP contribution in [-0.2, 0) is 19.0 Å². The molecule has 0 spiro atoms. The molecule has 0 N–H and O–H groups in total. The molecule has 0 aromatic heterocycles. The lowest BCUT2D eigenvalue weighted by atomic mass is 10.1. The van der Waals surface area contributed by atoms with E-state index in [-0.39, 0.29) is 18.2 Å². The molecule has 2 atom stereocenters. The highest BCUT2D eigenvalue weighted by molar-refractivity contribution is 5.69. The number of carbonyl (C=O) groups excluding carboxylic acids is 1. The molecular weight excluding hydrogens is 256 g/mol. The van der Waals surface area contributed by atoms with Crippen molar-refractivity contribution in [3.8, 4) is 0 Å². The second-order valence-corrected chi connectivity index (χ2v) is 5.42. The minimum atomic E-state index is -0.193. The molecule has 0 fully saturated rings. The van der Waals surface area contributed by atoms with Gasteiger partial charge in [0.2, 0.25) is 0 Å². The Morgan fingerprint density at radius 1 is 0.950 bits per heavy atom. The topological polar surface area (TPSA) is 44.8 Å². The van der Waals surface area contributed by atoms with E-state index >= 15 is 0 Å². The van der Waals surface area contributed by atoms with Crippen LogP contribution in [0.15, 0.2) is 0 Å². The van der Waals surface area contributed by atoms with Gasteiger partial charge in [0.15, 0.2) is 0 Å². The van der Waals surface area contributed by atoms with Crippen LogP contribution in [0, 0.1) is 0 Å². The number of hydrogen-bond acceptors (Lipinski definition) is 4. The van der Waals surface area contributed by atoms with E-state index in [4.69, 9.17) is 14.2 Å². The van der Waals surface area contributed by atoms with Gasteiger partial charge >= 0.3 is 5.97 Å². The van der Waals surface area contributed by atoms with Gasteiger partial charge < -0.3 is 14.2 Å². The van der Waals surface area contributed by atoms with E-state index in [1.807, 2.05) is 13.8 Å². The van der Waals surface area contributed by atoms with Gasteiger partial charge in [-0.25, -0.2) is 0 Å². The highest BCUT2D eigenvalue weighted by atomic mass is 16.6. The fraction of sp³-hybridized carbons (Fsp3) is 0.938. The van der Waals surface area contributed by atoms with Crippen LogP contribution in [0.1, 0.15) is 65.7 Å². The molecule has 120 valence electrons. The molecule has 0 bridgehead atoms. The average molecular weight is 288 g/mol. The zero-order valence-corrected chi connectivity index (χ0v) is 13.7. The molecule has 0 aliphatic heterocycles. The summed E-state index contributed by atoms with van der Waals surface area (Å²) in [6.07, 6.45) is 7.42. The Morgan fingerprint density at radius 2 is 1.60 bits per heavy atom. The second-order valence-electron chi connectivity index (χ2n) is 5.42. The molecule has 4 heteroatoms. The third kappa shape index (κ3) is 12.4. The Balaban J connectivity index is 3.49. The molecule has 2 unspecified atom stereocenters. The van der Waals surface area contributed by atoms with Gasteiger partial charge in [-0.05, 0) is 20.3 Å². The minimum absolute atomic E-state index is 0.0275. The van der Waals surface area contributed by atoms with Crippen LogP contribution in [-0.4, -0.2) is 38.5 Å². The van der Waals surface area contributed by atoms with Crippen molar-refractivity contribution in [2.45, 2.75) is 77.9 Å². The van der Waals surface area contributed by atoms with Gasteiger partial charge in [-0.15, -0.1) is 0 Å².